The zero-order chi connectivity index (χ0) is 11.4. The molecule has 0 saturated carbocycles. The topological polar surface area (TPSA) is 29.1 Å². The van der Waals surface area contributed by atoms with Crippen molar-refractivity contribution in [1.82, 2.24) is 5.32 Å². The van der Waals surface area contributed by atoms with Crippen LogP contribution >= 0.6 is 11.6 Å². The standard InChI is InChI=1S/C12H14ClNO/c1-8-5-4-6-11(7-8)10(3)14-12(15)9(2)13/h4-7,10H,2H2,1,3H3,(H,14,15)/t10-/m0/s1. The largest absolute Gasteiger partial charge is 0.345 e. The number of aryl methyl sites for hydroxylation is 1. The fourth-order valence-electron chi connectivity index (χ4n) is 1.30. The quantitative estimate of drug-likeness (QED) is 0.785. The van der Waals surface area contributed by atoms with Crippen LogP contribution in [-0.4, -0.2) is 5.91 Å². The maximum absolute atomic E-state index is 11.3. The minimum absolute atomic E-state index is 0.00880. The summed E-state index contributed by atoms with van der Waals surface area (Å²) < 4.78 is 0. The summed E-state index contributed by atoms with van der Waals surface area (Å²) in [5.74, 6) is -0.328. The van der Waals surface area contributed by atoms with E-state index in [1.165, 1.54) is 5.56 Å². The monoisotopic (exact) mass is 223 g/mol. The molecule has 3 heteroatoms. The van der Waals surface area contributed by atoms with E-state index < -0.39 is 0 Å². The van der Waals surface area contributed by atoms with Gasteiger partial charge in [0.05, 0.1) is 11.1 Å². The molecule has 2 nitrogen and oxygen atoms in total. The Morgan fingerprint density at radius 1 is 1.53 bits per heavy atom. The van der Waals surface area contributed by atoms with E-state index in [4.69, 9.17) is 11.6 Å². The first-order valence-corrected chi connectivity index (χ1v) is 5.10. The van der Waals surface area contributed by atoms with Crippen molar-refractivity contribution >= 4 is 17.5 Å². The first-order chi connectivity index (χ1) is 7.00. The lowest BCUT2D eigenvalue weighted by Crippen LogP contribution is -2.26. The van der Waals surface area contributed by atoms with Gasteiger partial charge in [-0.2, -0.15) is 0 Å². The van der Waals surface area contributed by atoms with Crippen molar-refractivity contribution in [3.63, 3.8) is 0 Å². The highest BCUT2D eigenvalue weighted by Gasteiger charge is 2.10. The van der Waals surface area contributed by atoms with Crippen LogP contribution in [0.1, 0.15) is 24.1 Å². The summed E-state index contributed by atoms with van der Waals surface area (Å²) in [5, 5.41) is 2.76. The molecule has 0 saturated heterocycles. The Bertz CT molecular complexity index is 387. The van der Waals surface area contributed by atoms with Crippen LogP contribution in [0.15, 0.2) is 35.9 Å². The predicted molar refractivity (Wildman–Crippen MR) is 62.7 cm³/mol. The van der Waals surface area contributed by atoms with Crippen LogP contribution in [0.3, 0.4) is 0 Å². The zero-order valence-corrected chi connectivity index (χ0v) is 9.64. The van der Waals surface area contributed by atoms with Gasteiger partial charge in [0, 0.05) is 0 Å². The van der Waals surface area contributed by atoms with Gasteiger partial charge in [-0.05, 0) is 19.4 Å². The normalized spacial score (nSPS) is 11.9. The highest BCUT2D eigenvalue weighted by atomic mass is 35.5. The van der Waals surface area contributed by atoms with Crippen molar-refractivity contribution in [3.05, 3.63) is 47.0 Å². The molecule has 0 aromatic heterocycles. The van der Waals surface area contributed by atoms with Crippen LogP contribution in [0.2, 0.25) is 0 Å². The van der Waals surface area contributed by atoms with Crippen LogP contribution in [0, 0.1) is 6.92 Å². The van der Waals surface area contributed by atoms with Gasteiger partial charge >= 0.3 is 0 Å². The summed E-state index contributed by atoms with van der Waals surface area (Å²) in [6.45, 7) is 7.29. The van der Waals surface area contributed by atoms with Gasteiger partial charge in [0.1, 0.15) is 0 Å². The van der Waals surface area contributed by atoms with Crippen molar-refractivity contribution in [1.29, 1.82) is 0 Å². The number of carbonyl (C=O) groups is 1. The Balaban J connectivity index is 2.73. The van der Waals surface area contributed by atoms with Gasteiger partial charge in [-0.3, -0.25) is 4.79 Å². The first-order valence-electron chi connectivity index (χ1n) is 4.72. The van der Waals surface area contributed by atoms with Crippen LogP contribution < -0.4 is 5.32 Å². The Labute approximate surface area is 94.9 Å². The molecule has 0 fully saturated rings. The van der Waals surface area contributed by atoms with E-state index in [1.54, 1.807) is 0 Å². The third-order valence-corrected chi connectivity index (χ3v) is 2.31. The lowest BCUT2D eigenvalue weighted by Gasteiger charge is -2.14. The summed E-state index contributed by atoms with van der Waals surface area (Å²) in [6.07, 6.45) is 0. The summed E-state index contributed by atoms with van der Waals surface area (Å²) in [7, 11) is 0. The van der Waals surface area contributed by atoms with Gasteiger partial charge in [0.15, 0.2) is 0 Å². The van der Waals surface area contributed by atoms with Crippen molar-refractivity contribution in [3.8, 4) is 0 Å². The lowest BCUT2D eigenvalue weighted by atomic mass is 10.1. The molecule has 0 aliphatic rings. The molecule has 0 spiro atoms. The smallest absolute Gasteiger partial charge is 0.262 e. The maximum atomic E-state index is 11.3. The van der Waals surface area contributed by atoms with Crippen molar-refractivity contribution < 1.29 is 4.79 Å². The van der Waals surface area contributed by atoms with Gasteiger partial charge in [0.2, 0.25) is 0 Å². The molecule has 1 rings (SSSR count). The summed E-state index contributed by atoms with van der Waals surface area (Å²) >= 11 is 5.48. The number of amides is 1. The van der Waals surface area contributed by atoms with Crippen LogP contribution in [0.25, 0.3) is 0 Å². The lowest BCUT2D eigenvalue weighted by molar-refractivity contribution is -0.117. The molecular weight excluding hydrogens is 210 g/mol. The average Bonchev–Trinajstić information content (AvgIpc) is 2.17. The Kier molecular flexibility index (Phi) is 3.92. The molecule has 1 aromatic carbocycles. The van der Waals surface area contributed by atoms with E-state index in [0.29, 0.717) is 0 Å². The minimum atomic E-state index is -0.328. The minimum Gasteiger partial charge on any atom is -0.345 e. The highest BCUT2D eigenvalue weighted by Crippen LogP contribution is 2.14. The number of carbonyl (C=O) groups excluding carboxylic acids is 1. The van der Waals surface area contributed by atoms with Crippen LogP contribution in [0.5, 0.6) is 0 Å². The summed E-state index contributed by atoms with van der Waals surface area (Å²) in [6, 6.07) is 7.91. The molecule has 1 aromatic rings. The fraction of sp³-hybridized carbons (Fsp3) is 0.250. The second-order valence-corrected chi connectivity index (χ2v) is 3.97. The molecule has 0 aliphatic carbocycles. The SMILES string of the molecule is C=C(Cl)C(=O)N[C@@H](C)c1cccc(C)c1. The molecule has 0 bridgehead atoms. The van der Waals surface area contributed by atoms with Gasteiger partial charge in [0.25, 0.3) is 5.91 Å². The molecule has 1 amide bonds. The maximum Gasteiger partial charge on any atom is 0.262 e. The molecule has 0 heterocycles. The Morgan fingerprint density at radius 3 is 2.73 bits per heavy atom. The second-order valence-electron chi connectivity index (χ2n) is 3.51. The summed E-state index contributed by atoms with van der Waals surface area (Å²) in [5.41, 5.74) is 2.22. The molecule has 80 valence electrons. The Hall–Kier alpha value is -1.28. The zero-order valence-electron chi connectivity index (χ0n) is 8.88. The molecule has 0 aliphatic heterocycles. The third-order valence-electron chi connectivity index (χ3n) is 2.14. The van der Waals surface area contributed by atoms with E-state index in [1.807, 2.05) is 38.1 Å². The van der Waals surface area contributed by atoms with Crippen molar-refractivity contribution in [2.45, 2.75) is 19.9 Å². The first kappa shape index (κ1) is 11.8. The fourth-order valence-corrected chi connectivity index (χ4v) is 1.35. The van der Waals surface area contributed by atoms with E-state index in [9.17, 15) is 4.79 Å². The van der Waals surface area contributed by atoms with E-state index >= 15 is 0 Å². The molecule has 1 atom stereocenters. The molecule has 0 unspecified atom stereocenters. The third kappa shape index (κ3) is 3.40. The summed E-state index contributed by atoms with van der Waals surface area (Å²) in [4.78, 5) is 11.3. The van der Waals surface area contributed by atoms with Gasteiger partial charge < -0.3 is 5.32 Å². The molecule has 0 radical (unpaired) electrons. The number of benzene rings is 1. The number of halogens is 1. The predicted octanol–water partition coefficient (Wildman–Crippen LogP) is 2.92. The average molecular weight is 224 g/mol. The second kappa shape index (κ2) is 4.99. The van der Waals surface area contributed by atoms with Gasteiger partial charge in [-0.25, -0.2) is 0 Å². The van der Waals surface area contributed by atoms with Gasteiger partial charge in [-0.1, -0.05) is 48.0 Å². The van der Waals surface area contributed by atoms with E-state index in [2.05, 4.69) is 11.9 Å². The Morgan fingerprint density at radius 2 is 2.20 bits per heavy atom. The van der Waals surface area contributed by atoms with Crippen molar-refractivity contribution in [2.75, 3.05) is 0 Å². The molecule has 15 heavy (non-hydrogen) atoms. The van der Waals surface area contributed by atoms with E-state index in [-0.39, 0.29) is 17.0 Å². The number of nitrogens with one attached hydrogen (secondary N) is 1. The van der Waals surface area contributed by atoms with Crippen LogP contribution in [-0.2, 0) is 4.79 Å². The number of hydrogen-bond donors (Lipinski definition) is 1. The van der Waals surface area contributed by atoms with Crippen LogP contribution in [0.4, 0.5) is 0 Å². The highest BCUT2D eigenvalue weighted by molar-refractivity contribution is 6.41. The van der Waals surface area contributed by atoms with Gasteiger partial charge in [-0.15, -0.1) is 0 Å². The van der Waals surface area contributed by atoms with Crippen molar-refractivity contribution in [2.24, 2.45) is 0 Å². The molecule has 1 N–H and O–H groups in total. The molecular formula is C12H14ClNO. The number of rotatable bonds is 3. The van der Waals surface area contributed by atoms with E-state index in [0.717, 1.165) is 5.56 Å². The number of hydrogen-bond acceptors (Lipinski definition) is 1.